The Labute approximate surface area is 88.2 Å². The number of anilines is 1. The Hall–Kier alpha value is -1.97. The molecule has 4 heteroatoms. The van der Waals surface area contributed by atoms with Crippen LogP contribution in [0.3, 0.4) is 0 Å². The highest BCUT2D eigenvalue weighted by Crippen LogP contribution is 2.21. The van der Waals surface area contributed by atoms with Gasteiger partial charge in [-0.05, 0) is 19.9 Å². The van der Waals surface area contributed by atoms with Crippen molar-refractivity contribution in [3.63, 3.8) is 0 Å². The van der Waals surface area contributed by atoms with Crippen LogP contribution in [0.15, 0.2) is 24.3 Å². The van der Waals surface area contributed by atoms with Crippen molar-refractivity contribution in [3.05, 3.63) is 35.7 Å². The second-order valence-corrected chi connectivity index (χ2v) is 3.46. The molecule has 0 bridgehead atoms. The highest BCUT2D eigenvalue weighted by atomic mass is 15.2. The summed E-state index contributed by atoms with van der Waals surface area (Å²) >= 11 is 0. The molecule has 1 aromatic carbocycles. The molecule has 0 saturated carbocycles. The number of nitrogens with two attached hydrogens (primary N) is 1. The molecular formula is C11H12N4. The van der Waals surface area contributed by atoms with Gasteiger partial charge in [-0.15, -0.1) is 10.2 Å². The van der Waals surface area contributed by atoms with Gasteiger partial charge in [0.25, 0.3) is 0 Å². The first kappa shape index (κ1) is 9.58. The Morgan fingerprint density at radius 1 is 1.13 bits per heavy atom. The van der Waals surface area contributed by atoms with Gasteiger partial charge in [0.05, 0.1) is 0 Å². The van der Waals surface area contributed by atoms with Crippen molar-refractivity contribution in [3.8, 4) is 11.3 Å². The van der Waals surface area contributed by atoms with E-state index in [1.807, 2.05) is 31.2 Å². The molecule has 76 valence electrons. The standard InChI is InChI=1S/C11H12N4/c1-7-4-3-5-9(6-7)10-11(12)13-8(2)14-15-10/h3-6H,1-2H3,(H2,12,13,14). The fraction of sp³-hybridized carbons (Fsp3) is 0.182. The Bertz CT molecular complexity index is 494. The van der Waals surface area contributed by atoms with Crippen LogP contribution in [-0.4, -0.2) is 15.2 Å². The van der Waals surface area contributed by atoms with Gasteiger partial charge in [0.1, 0.15) is 11.5 Å². The molecule has 1 aromatic heterocycles. The molecule has 2 aromatic rings. The van der Waals surface area contributed by atoms with Gasteiger partial charge in [0, 0.05) is 5.56 Å². The van der Waals surface area contributed by atoms with Gasteiger partial charge in [-0.1, -0.05) is 23.8 Å². The molecule has 0 unspecified atom stereocenters. The molecule has 4 nitrogen and oxygen atoms in total. The zero-order valence-electron chi connectivity index (χ0n) is 8.73. The fourth-order valence-electron chi connectivity index (χ4n) is 1.42. The van der Waals surface area contributed by atoms with Gasteiger partial charge in [0.15, 0.2) is 5.82 Å². The van der Waals surface area contributed by atoms with E-state index in [4.69, 9.17) is 5.73 Å². The second kappa shape index (κ2) is 3.65. The summed E-state index contributed by atoms with van der Waals surface area (Å²) in [6.07, 6.45) is 0. The number of hydrogen-bond donors (Lipinski definition) is 1. The van der Waals surface area contributed by atoms with Crippen molar-refractivity contribution < 1.29 is 0 Å². The maximum absolute atomic E-state index is 5.79. The third-order valence-corrected chi connectivity index (χ3v) is 2.11. The summed E-state index contributed by atoms with van der Waals surface area (Å²) in [5.74, 6) is 1.01. The SMILES string of the molecule is Cc1cccc(-c2nnc(C)nc2N)c1. The minimum absolute atomic E-state index is 0.424. The zero-order valence-corrected chi connectivity index (χ0v) is 8.73. The molecule has 0 atom stereocenters. The summed E-state index contributed by atoms with van der Waals surface area (Å²) in [7, 11) is 0. The van der Waals surface area contributed by atoms with Crippen LogP contribution in [-0.2, 0) is 0 Å². The number of nitrogens with zero attached hydrogens (tertiary/aromatic N) is 3. The summed E-state index contributed by atoms with van der Waals surface area (Å²) in [5.41, 5.74) is 8.55. The summed E-state index contributed by atoms with van der Waals surface area (Å²) in [6.45, 7) is 3.79. The zero-order chi connectivity index (χ0) is 10.8. The van der Waals surface area contributed by atoms with E-state index in [9.17, 15) is 0 Å². The highest BCUT2D eigenvalue weighted by molar-refractivity contribution is 5.69. The van der Waals surface area contributed by atoms with Gasteiger partial charge in [-0.3, -0.25) is 0 Å². The Kier molecular flexibility index (Phi) is 2.33. The molecule has 0 aliphatic heterocycles. The summed E-state index contributed by atoms with van der Waals surface area (Å²) < 4.78 is 0. The summed E-state index contributed by atoms with van der Waals surface area (Å²) in [4.78, 5) is 4.08. The van der Waals surface area contributed by atoms with E-state index in [-0.39, 0.29) is 0 Å². The van der Waals surface area contributed by atoms with Crippen molar-refractivity contribution in [2.45, 2.75) is 13.8 Å². The van der Waals surface area contributed by atoms with Crippen molar-refractivity contribution in [1.82, 2.24) is 15.2 Å². The van der Waals surface area contributed by atoms with E-state index in [1.165, 1.54) is 0 Å². The molecule has 0 amide bonds. The number of benzene rings is 1. The number of aromatic nitrogens is 3. The Balaban J connectivity index is 2.54. The van der Waals surface area contributed by atoms with Crippen LogP contribution in [0, 0.1) is 13.8 Å². The van der Waals surface area contributed by atoms with Crippen LogP contribution in [0.4, 0.5) is 5.82 Å². The topological polar surface area (TPSA) is 64.7 Å². The first-order valence-corrected chi connectivity index (χ1v) is 4.70. The molecule has 1 heterocycles. The first-order valence-electron chi connectivity index (χ1n) is 4.70. The van der Waals surface area contributed by atoms with Crippen LogP contribution in [0.5, 0.6) is 0 Å². The molecule has 0 radical (unpaired) electrons. The Morgan fingerprint density at radius 2 is 1.93 bits per heavy atom. The quantitative estimate of drug-likeness (QED) is 0.761. The maximum Gasteiger partial charge on any atom is 0.154 e. The summed E-state index contributed by atoms with van der Waals surface area (Å²) in [6, 6.07) is 7.95. The predicted molar refractivity (Wildman–Crippen MR) is 59.1 cm³/mol. The monoisotopic (exact) mass is 200 g/mol. The van der Waals surface area contributed by atoms with E-state index in [2.05, 4.69) is 15.2 Å². The van der Waals surface area contributed by atoms with E-state index < -0.39 is 0 Å². The molecule has 0 spiro atoms. The van der Waals surface area contributed by atoms with Crippen molar-refractivity contribution in [2.75, 3.05) is 5.73 Å². The molecule has 2 N–H and O–H groups in total. The third-order valence-electron chi connectivity index (χ3n) is 2.11. The van der Waals surface area contributed by atoms with Crippen molar-refractivity contribution in [2.24, 2.45) is 0 Å². The second-order valence-electron chi connectivity index (χ2n) is 3.46. The molecule has 2 rings (SSSR count). The number of hydrogen-bond acceptors (Lipinski definition) is 4. The lowest BCUT2D eigenvalue weighted by atomic mass is 10.1. The molecular weight excluding hydrogens is 188 g/mol. The van der Waals surface area contributed by atoms with Crippen LogP contribution in [0.1, 0.15) is 11.4 Å². The van der Waals surface area contributed by atoms with Gasteiger partial charge in [-0.25, -0.2) is 4.98 Å². The average Bonchev–Trinajstić information content (AvgIpc) is 2.17. The lowest BCUT2D eigenvalue weighted by molar-refractivity contribution is 0.920. The van der Waals surface area contributed by atoms with Gasteiger partial charge >= 0.3 is 0 Å². The smallest absolute Gasteiger partial charge is 0.154 e. The lowest BCUT2D eigenvalue weighted by Gasteiger charge is -2.04. The fourth-order valence-corrected chi connectivity index (χ4v) is 1.42. The third kappa shape index (κ3) is 1.93. The molecule has 0 fully saturated rings. The minimum atomic E-state index is 0.424. The van der Waals surface area contributed by atoms with Gasteiger partial charge < -0.3 is 5.73 Å². The van der Waals surface area contributed by atoms with Crippen molar-refractivity contribution >= 4 is 5.82 Å². The highest BCUT2D eigenvalue weighted by Gasteiger charge is 2.06. The minimum Gasteiger partial charge on any atom is -0.382 e. The van der Waals surface area contributed by atoms with Crippen LogP contribution in [0.2, 0.25) is 0 Å². The van der Waals surface area contributed by atoms with Crippen LogP contribution < -0.4 is 5.73 Å². The van der Waals surface area contributed by atoms with Crippen molar-refractivity contribution in [1.29, 1.82) is 0 Å². The first-order chi connectivity index (χ1) is 7.16. The van der Waals surface area contributed by atoms with E-state index in [1.54, 1.807) is 6.92 Å². The predicted octanol–water partition coefficient (Wildman–Crippen LogP) is 1.74. The molecule has 0 saturated heterocycles. The van der Waals surface area contributed by atoms with Crippen LogP contribution >= 0.6 is 0 Å². The summed E-state index contributed by atoms with van der Waals surface area (Å²) in [5, 5.41) is 7.96. The van der Waals surface area contributed by atoms with Gasteiger partial charge in [-0.2, -0.15) is 0 Å². The van der Waals surface area contributed by atoms with E-state index in [0.717, 1.165) is 11.1 Å². The number of nitrogen functional groups attached to an aromatic ring is 1. The number of rotatable bonds is 1. The normalized spacial score (nSPS) is 10.3. The van der Waals surface area contributed by atoms with Gasteiger partial charge in [0.2, 0.25) is 0 Å². The van der Waals surface area contributed by atoms with E-state index >= 15 is 0 Å². The maximum atomic E-state index is 5.79. The molecule has 0 aliphatic carbocycles. The largest absolute Gasteiger partial charge is 0.382 e. The van der Waals surface area contributed by atoms with Crippen LogP contribution in [0.25, 0.3) is 11.3 Å². The van der Waals surface area contributed by atoms with E-state index in [0.29, 0.717) is 17.3 Å². The number of aryl methyl sites for hydroxylation is 2. The molecule has 15 heavy (non-hydrogen) atoms. The molecule has 0 aliphatic rings. The average molecular weight is 200 g/mol. The lowest BCUT2D eigenvalue weighted by Crippen LogP contribution is -2.02. The Morgan fingerprint density at radius 3 is 2.60 bits per heavy atom.